The Labute approximate surface area is 111 Å². The van der Waals surface area contributed by atoms with Crippen molar-refractivity contribution in [3.8, 4) is 0 Å². The summed E-state index contributed by atoms with van der Waals surface area (Å²) >= 11 is 0. The SMILES string of the molecule is CC(C)COC(=O)C1CC(=O)C(C2CC2=O)C(=O)C1. The highest BCUT2D eigenvalue weighted by Crippen LogP contribution is 2.39. The van der Waals surface area contributed by atoms with Gasteiger partial charge in [-0.3, -0.25) is 19.2 Å². The molecule has 2 aliphatic rings. The number of carbonyl (C=O) groups excluding carboxylic acids is 4. The maximum absolute atomic E-state index is 11.9. The zero-order chi connectivity index (χ0) is 14.2. The molecule has 104 valence electrons. The zero-order valence-electron chi connectivity index (χ0n) is 11.2. The summed E-state index contributed by atoms with van der Waals surface area (Å²) in [5.74, 6) is -2.70. The Bertz CT molecular complexity index is 419. The Balaban J connectivity index is 1.93. The third-order valence-electron chi connectivity index (χ3n) is 3.56. The fourth-order valence-electron chi connectivity index (χ4n) is 2.44. The number of hydrogen-bond donors (Lipinski definition) is 0. The summed E-state index contributed by atoms with van der Waals surface area (Å²) in [6.45, 7) is 4.13. The molecule has 5 heteroatoms. The lowest BCUT2D eigenvalue weighted by molar-refractivity contribution is -0.156. The predicted molar refractivity (Wildman–Crippen MR) is 65.1 cm³/mol. The molecule has 2 rings (SSSR count). The van der Waals surface area contributed by atoms with E-state index in [2.05, 4.69) is 0 Å². The minimum Gasteiger partial charge on any atom is -0.465 e. The molecular weight excluding hydrogens is 248 g/mol. The zero-order valence-corrected chi connectivity index (χ0v) is 11.2. The first-order valence-electron chi connectivity index (χ1n) is 6.65. The van der Waals surface area contributed by atoms with Crippen molar-refractivity contribution >= 4 is 23.3 Å². The molecule has 0 radical (unpaired) electrons. The molecule has 2 aliphatic carbocycles. The van der Waals surface area contributed by atoms with Crippen molar-refractivity contribution in [2.75, 3.05) is 6.61 Å². The molecule has 0 aromatic carbocycles. The van der Waals surface area contributed by atoms with E-state index in [1.165, 1.54) is 0 Å². The molecule has 0 bridgehead atoms. The van der Waals surface area contributed by atoms with Crippen molar-refractivity contribution in [2.24, 2.45) is 23.7 Å². The van der Waals surface area contributed by atoms with E-state index in [9.17, 15) is 19.2 Å². The summed E-state index contributed by atoms with van der Waals surface area (Å²) < 4.78 is 5.06. The monoisotopic (exact) mass is 266 g/mol. The summed E-state index contributed by atoms with van der Waals surface area (Å²) in [5, 5.41) is 0. The highest BCUT2D eigenvalue weighted by atomic mass is 16.5. The van der Waals surface area contributed by atoms with Crippen LogP contribution in [0.4, 0.5) is 0 Å². The number of carbonyl (C=O) groups is 4. The molecule has 0 amide bonds. The number of ketones is 3. The van der Waals surface area contributed by atoms with Crippen LogP contribution < -0.4 is 0 Å². The minimum atomic E-state index is -0.790. The van der Waals surface area contributed by atoms with Crippen molar-refractivity contribution in [1.29, 1.82) is 0 Å². The van der Waals surface area contributed by atoms with E-state index in [0.29, 0.717) is 13.0 Å². The lowest BCUT2D eigenvalue weighted by atomic mass is 9.77. The molecule has 1 unspecified atom stereocenters. The van der Waals surface area contributed by atoms with Crippen molar-refractivity contribution in [2.45, 2.75) is 33.1 Å². The molecule has 5 nitrogen and oxygen atoms in total. The molecular formula is C14H18O5. The minimum absolute atomic E-state index is 0.0208. The fraction of sp³-hybridized carbons (Fsp3) is 0.714. The average molecular weight is 266 g/mol. The van der Waals surface area contributed by atoms with Gasteiger partial charge in [-0.15, -0.1) is 0 Å². The van der Waals surface area contributed by atoms with Crippen LogP contribution in [0.5, 0.6) is 0 Å². The molecule has 2 saturated carbocycles. The number of esters is 1. The van der Waals surface area contributed by atoms with Gasteiger partial charge in [0.1, 0.15) is 17.3 Å². The Hall–Kier alpha value is -1.52. The first kappa shape index (κ1) is 13.9. The molecule has 0 aromatic heterocycles. The van der Waals surface area contributed by atoms with Gasteiger partial charge in [0, 0.05) is 25.2 Å². The largest absolute Gasteiger partial charge is 0.465 e. The fourth-order valence-corrected chi connectivity index (χ4v) is 2.44. The molecule has 2 fully saturated rings. The number of rotatable bonds is 4. The van der Waals surface area contributed by atoms with Gasteiger partial charge in [0.05, 0.1) is 18.4 Å². The smallest absolute Gasteiger partial charge is 0.309 e. The summed E-state index contributed by atoms with van der Waals surface area (Å²) in [6, 6.07) is 0. The van der Waals surface area contributed by atoms with Crippen LogP contribution in [0.25, 0.3) is 0 Å². The van der Waals surface area contributed by atoms with E-state index < -0.39 is 23.7 Å². The van der Waals surface area contributed by atoms with Crippen LogP contribution in [-0.2, 0) is 23.9 Å². The Morgan fingerprint density at radius 1 is 1.11 bits per heavy atom. The number of ether oxygens (including phenoxy) is 1. The van der Waals surface area contributed by atoms with Gasteiger partial charge >= 0.3 is 5.97 Å². The van der Waals surface area contributed by atoms with Gasteiger partial charge in [0.15, 0.2) is 0 Å². The lowest BCUT2D eigenvalue weighted by Gasteiger charge is -2.24. The maximum atomic E-state index is 11.9. The van der Waals surface area contributed by atoms with Crippen LogP contribution in [0.3, 0.4) is 0 Å². The Morgan fingerprint density at radius 2 is 1.63 bits per heavy atom. The molecule has 0 spiro atoms. The first-order chi connectivity index (χ1) is 8.90. The second kappa shape index (κ2) is 5.23. The summed E-state index contributed by atoms with van der Waals surface area (Å²) in [5.41, 5.74) is 0. The number of hydrogen-bond acceptors (Lipinski definition) is 5. The molecule has 0 N–H and O–H groups in total. The van der Waals surface area contributed by atoms with Gasteiger partial charge in [-0.25, -0.2) is 0 Å². The topological polar surface area (TPSA) is 77.5 Å². The molecule has 1 atom stereocenters. The molecule has 0 saturated heterocycles. The molecule has 0 aliphatic heterocycles. The van der Waals surface area contributed by atoms with Gasteiger partial charge in [-0.1, -0.05) is 13.8 Å². The second-order valence-electron chi connectivity index (χ2n) is 5.82. The summed E-state index contributed by atoms with van der Waals surface area (Å²) in [6.07, 6.45) is 0.374. The predicted octanol–water partition coefficient (Wildman–Crippen LogP) is 0.939. The normalized spacial score (nSPS) is 30.7. The average Bonchev–Trinajstić information content (AvgIpc) is 3.01. The summed E-state index contributed by atoms with van der Waals surface area (Å²) in [7, 11) is 0. The van der Waals surface area contributed by atoms with Crippen molar-refractivity contribution in [1.82, 2.24) is 0 Å². The van der Waals surface area contributed by atoms with E-state index in [1.54, 1.807) is 0 Å². The van der Waals surface area contributed by atoms with Gasteiger partial charge in [0.2, 0.25) is 0 Å². The van der Waals surface area contributed by atoms with Gasteiger partial charge in [0.25, 0.3) is 0 Å². The van der Waals surface area contributed by atoms with Crippen LogP contribution >= 0.6 is 0 Å². The van der Waals surface area contributed by atoms with Crippen LogP contribution in [0.1, 0.15) is 33.1 Å². The summed E-state index contributed by atoms with van der Waals surface area (Å²) in [4.78, 5) is 46.6. The van der Waals surface area contributed by atoms with Gasteiger partial charge in [-0.05, 0) is 5.92 Å². The van der Waals surface area contributed by atoms with Crippen LogP contribution in [0.15, 0.2) is 0 Å². The maximum Gasteiger partial charge on any atom is 0.309 e. The van der Waals surface area contributed by atoms with E-state index in [-0.39, 0.29) is 36.1 Å². The van der Waals surface area contributed by atoms with Crippen molar-refractivity contribution in [3.05, 3.63) is 0 Å². The van der Waals surface area contributed by atoms with E-state index in [0.717, 1.165) is 0 Å². The number of Topliss-reactive ketones (excluding diaryl/α,β-unsaturated/α-hetero) is 3. The highest BCUT2D eigenvalue weighted by Gasteiger charge is 2.51. The van der Waals surface area contributed by atoms with E-state index in [4.69, 9.17) is 4.74 Å². The molecule has 19 heavy (non-hydrogen) atoms. The first-order valence-corrected chi connectivity index (χ1v) is 6.65. The van der Waals surface area contributed by atoms with Crippen LogP contribution in [0.2, 0.25) is 0 Å². The van der Waals surface area contributed by atoms with E-state index >= 15 is 0 Å². The standard InChI is InChI=1S/C14H18O5/c1-7(2)6-19-14(18)8-3-11(16)13(12(17)4-8)9-5-10(9)15/h7-9,13H,3-6H2,1-2H3. The van der Waals surface area contributed by atoms with Gasteiger partial charge in [-0.2, -0.15) is 0 Å². The highest BCUT2D eigenvalue weighted by molar-refractivity contribution is 6.13. The Kier molecular flexibility index (Phi) is 3.83. The van der Waals surface area contributed by atoms with Crippen molar-refractivity contribution < 1.29 is 23.9 Å². The molecule has 0 aromatic rings. The second-order valence-corrected chi connectivity index (χ2v) is 5.82. The third kappa shape index (κ3) is 3.08. The third-order valence-corrected chi connectivity index (χ3v) is 3.56. The quantitative estimate of drug-likeness (QED) is 0.559. The van der Waals surface area contributed by atoms with Crippen molar-refractivity contribution in [3.63, 3.8) is 0 Å². The Morgan fingerprint density at radius 3 is 2.05 bits per heavy atom. The molecule has 0 heterocycles. The van der Waals surface area contributed by atoms with Gasteiger partial charge < -0.3 is 4.74 Å². The van der Waals surface area contributed by atoms with Crippen LogP contribution in [-0.4, -0.2) is 29.9 Å². The van der Waals surface area contributed by atoms with E-state index in [1.807, 2.05) is 13.8 Å². The van der Waals surface area contributed by atoms with Crippen LogP contribution in [0, 0.1) is 23.7 Å². The lowest BCUT2D eigenvalue weighted by Crippen LogP contribution is -2.38.